The minimum Gasteiger partial charge on any atom is -0.467 e. The number of hydrogen-bond acceptors (Lipinski definition) is 4. The fraction of sp³-hybridized carbons (Fsp3) is 0.125. The van der Waals surface area contributed by atoms with E-state index in [0.717, 1.165) is 4.47 Å². The first-order valence-corrected chi connectivity index (χ1v) is 7.46. The van der Waals surface area contributed by atoms with E-state index in [4.69, 9.17) is 8.83 Å². The van der Waals surface area contributed by atoms with Gasteiger partial charge in [-0.05, 0) is 46.3 Å². The molecule has 0 spiro atoms. The number of carbonyl (C=O) groups excluding carboxylic acids is 1. The van der Waals surface area contributed by atoms with Crippen LogP contribution in [0.2, 0.25) is 0 Å². The van der Waals surface area contributed by atoms with Crippen LogP contribution in [0.3, 0.4) is 0 Å². The van der Waals surface area contributed by atoms with Gasteiger partial charge in [-0.1, -0.05) is 0 Å². The van der Waals surface area contributed by atoms with Crippen molar-refractivity contribution < 1.29 is 13.6 Å². The average molecular weight is 361 g/mol. The van der Waals surface area contributed by atoms with Crippen molar-refractivity contribution in [2.24, 2.45) is 0 Å². The molecule has 5 nitrogen and oxygen atoms in total. The maximum atomic E-state index is 12.7. The van der Waals surface area contributed by atoms with Crippen LogP contribution in [0.5, 0.6) is 0 Å². The van der Waals surface area contributed by atoms with E-state index in [1.807, 2.05) is 12.1 Å². The highest BCUT2D eigenvalue weighted by molar-refractivity contribution is 9.10. The van der Waals surface area contributed by atoms with E-state index in [-0.39, 0.29) is 5.91 Å². The van der Waals surface area contributed by atoms with Gasteiger partial charge in [0.05, 0.1) is 31.2 Å². The Balaban J connectivity index is 1.85. The standard InChI is InChI=1S/C16H13BrN2O3/c17-13-7-12(8-18-9-13)16(20)19(10-14-3-1-5-21-14)11-15-4-2-6-22-15/h1-9H,10-11H2. The number of aromatic nitrogens is 1. The lowest BCUT2D eigenvalue weighted by molar-refractivity contribution is 0.0704. The Kier molecular flexibility index (Phi) is 4.39. The Labute approximate surface area is 135 Å². The number of amides is 1. The van der Waals surface area contributed by atoms with Crippen LogP contribution >= 0.6 is 15.9 Å². The SMILES string of the molecule is O=C(c1cncc(Br)c1)N(Cc1ccco1)Cc1ccco1. The molecule has 3 heterocycles. The molecule has 0 saturated carbocycles. The summed E-state index contributed by atoms with van der Waals surface area (Å²) in [7, 11) is 0. The van der Waals surface area contributed by atoms with Crippen molar-refractivity contribution in [3.8, 4) is 0 Å². The molecule has 3 rings (SSSR count). The van der Waals surface area contributed by atoms with Gasteiger partial charge in [-0.15, -0.1) is 0 Å². The summed E-state index contributed by atoms with van der Waals surface area (Å²) in [6.07, 6.45) is 6.36. The van der Waals surface area contributed by atoms with Gasteiger partial charge >= 0.3 is 0 Å². The molecule has 0 fully saturated rings. The Bertz CT molecular complexity index is 702. The molecule has 0 aliphatic rings. The van der Waals surface area contributed by atoms with Crippen molar-refractivity contribution in [3.05, 3.63) is 76.8 Å². The maximum absolute atomic E-state index is 12.7. The molecule has 0 N–H and O–H groups in total. The summed E-state index contributed by atoms with van der Waals surface area (Å²) in [6.45, 7) is 0.720. The topological polar surface area (TPSA) is 59.5 Å². The summed E-state index contributed by atoms with van der Waals surface area (Å²) in [5, 5.41) is 0. The van der Waals surface area contributed by atoms with Crippen molar-refractivity contribution in [1.29, 1.82) is 0 Å². The zero-order valence-electron chi connectivity index (χ0n) is 11.6. The molecule has 3 aromatic rings. The second-order valence-corrected chi connectivity index (χ2v) is 5.63. The Hall–Kier alpha value is -2.34. The summed E-state index contributed by atoms with van der Waals surface area (Å²) in [6, 6.07) is 9.01. The largest absolute Gasteiger partial charge is 0.467 e. The summed E-state index contributed by atoms with van der Waals surface area (Å²) >= 11 is 3.33. The van der Waals surface area contributed by atoms with Crippen molar-refractivity contribution in [3.63, 3.8) is 0 Å². The van der Waals surface area contributed by atoms with Crippen LogP contribution in [0.15, 0.2) is 68.6 Å². The molecule has 3 aromatic heterocycles. The van der Waals surface area contributed by atoms with Crippen LogP contribution in [0.25, 0.3) is 0 Å². The fourth-order valence-electron chi connectivity index (χ4n) is 2.09. The van der Waals surface area contributed by atoms with E-state index < -0.39 is 0 Å². The van der Waals surface area contributed by atoms with Gasteiger partial charge in [-0.2, -0.15) is 0 Å². The smallest absolute Gasteiger partial charge is 0.256 e. The van der Waals surface area contributed by atoms with E-state index >= 15 is 0 Å². The van der Waals surface area contributed by atoms with Gasteiger partial charge in [-0.3, -0.25) is 9.78 Å². The maximum Gasteiger partial charge on any atom is 0.256 e. The Morgan fingerprint density at radius 1 is 1.09 bits per heavy atom. The average Bonchev–Trinajstić information content (AvgIpc) is 3.19. The highest BCUT2D eigenvalue weighted by Gasteiger charge is 2.19. The molecule has 112 valence electrons. The predicted octanol–water partition coefficient (Wildman–Crippen LogP) is 3.87. The van der Waals surface area contributed by atoms with Gasteiger partial charge in [-0.25, -0.2) is 0 Å². The van der Waals surface area contributed by atoms with Crippen LogP contribution in [-0.4, -0.2) is 15.8 Å². The first kappa shape index (κ1) is 14.6. The summed E-state index contributed by atoms with van der Waals surface area (Å²) < 4.78 is 11.4. The molecule has 0 atom stereocenters. The third-order valence-electron chi connectivity index (χ3n) is 3.09. The van der Waals surface area contributed by atoms with Gasteiger partial charge < -0.3 is 13.7 Å². The van der Waals surface area contributed by atoms with Crippen molar-refractivity contribution in [2.45, 2.75) is 13.1 Å². The third-order valence-corrected chi connectivity index (χ3v) is 3.53. The minimum absolute atomic E-state index is 0.137. The van der Waals surface area contributed by atoms with Crippen molar-refractivity contribution in [2.75, 3.05) is 0 Å². The van der Waals surface area contributed by atoms with Crippen LogP contribution < -0.4 is 0 Å². The number of furan rings is 2. The van der Waals surface area contributed by atoms with E-state index in [9.17, 15) is 4.79 Å². The van der Waals surface area contributed by atoms with Crippen LogP contribution in [-0.2, 0) is 13.1 Å². The lowest BCUT2D eigenvalue weighted by Gasteiger charge is -2.20. The molecule has 22 heavy (non-hydrogen) atoms. The predicted molar refractivity (Wildman–Crippen MR) is 82.9 cm³/mol. The van der Waals surface area contributed by atoms with Crippen LogP contribution in [0.1, 0.15) is 21.9 Å². The van der Waals surface area contributed by atoms with Crippen molar-refractivity contribution in [1.82, 2.24) is 9.88 Å². The normalized spacial score (nSPS) is 10.6. The van der Waals surface area contributed by atoms with Gasteiger partial charge in [0.15, 0.2) is 0 Å². The van der Waals surface area contributed by atoms with Crippen LogP contribution in [0, 0.1) is 0 Å². The minimum atomic E-state index is -0.137. The molecule has 0 bridgehead atoms. The Morgan fingerprint density at radius 3 is 2.23 bits per heavy atom. The molecule has 0 aliphatic heterocycles. The monoisotopic (exact) mass is 360 g/mol. The number of pyridine rings is 1. The summed E-state index contributed by atoms with van der Waals surface area (Å²) in [5.74, 6) is 1.28. The molecule has 0 aromatic carbocycles. The molecule has 0 unspecified atom stereocenters. The highest BCUT2D eigenvalue weighted by Crippen LogP contribution is 2.17. The molecule has 1 amide bonds. The number of halogens is 1. The van der Waals surface area contributed by atoms with E-state index in [1.165, 1.54) is 0 Å². The van der Waals surface area contributed by atoms with Gasteiger partial charge in [0.1, 0.15) is 11.5 Å². The molecule has 6 heteroatoms. The zero-order chi connectivity index (χ0) is 15.4. The second kappa shape index (κ2) is 6.62. The van der Waals surface area contributed by atoms with Crippen molar-refractivity contribution >= 4 is 21.8 Å². The lowest BCUT2D eigenvalue weighted by Crippen LogP contribution is -2.30. The first-order chi connectivity index (χ1) is 10.7. The second-order valence-electron chi connectivity index (χ2n) is 4.71. The quantitative estimate of drug-likeness (QED) is 0.692. The van der Waals surface area contributed by atoms with Crippen LogP contribution in [0.4, 0.5) is 0 Å². The lowest BCUT2D eigenvalue weighted by atomic mass is 10.2. The summed E-state index contributed by atoms with van der Waals surface area (Å²) in [5.41, 5.74) is 0.507. The van der Waals surface area contributed by atoms with Gasteiger partial charge in [0, 0.05) is 16.9 Å². The fourth-order valence-corrected chi connectivity index (χ4v) is 2.46. The molecule has 0 radical (unpaired) electrons. The molecular weight excluding hydrogens is 348 g/mol. The molecule has 0 aliphatic carbocycles. The third kappa shape index (κ3) is 3.46. The zero-order valence-corrected chi connectivity index (χ0v) is 13.2. The molecule has 0 saturated heterocycles. The number of hydrogen-bond donors (Lipinski definition) is 0. The first-order valence-electron chi connectivity index (χ1n) is 6.67. The van der Waals surface area contributed by atoms with Gasteiger partial charge in [0.25, 0.3) is 5.91 Å². The van der Waals surface area contributed by atoms with E-state index in [0.29, 0.717) is 30.2 Å². The Morgan fingerprint density at radius 2 is 1.73 bits per heavy atom. The number of rotatable bonds is 5. The van der Waals surface area contributed by atoms with E-state index in [1.54, 1.807) is 48.0 Å². The number of carbonyl (C=O) groups is 1. The van der Waals surface area contributed by atoms with E-state index in [2.05, 4.69) is 20.9 Å². The highest BCUT2D eigenvalue weighted by atomic mass is 79.9. The summed E-state index contributed by atoms with van der Waals surface area (Å²) in [4.78, 5) is 18.4. The number of nitrogens with zero attached hydrogens (tertiary/aromatic N) is 2. The molecular formula is C16H13BrN2O3. The van der Waals surface area contributed by atoms with Gasteiger partial charge in [0.2, 0.25) is 0 Å².